The Bertz CT molecular complexity index is 1130. The van der Waals surface area contributed by atoms with Crippen molar-refractivity contribution < 1.29 is 9.59 Å². The molecule has 1 aromatic heterocycles. The normalized spacial score (nSPS) is 16.3. The molecule has 2 atom stereocenters. The minimum Gasteiger partial charge on any atom is -0.293 e. The van der Waals surface area contributed by atoms with Crippen LogP contribution in [0.4, 0.5) is 0 Å². The number of fused-ring (bicyclic) bond motifs is 2. The number of hydrogen-bond acceptors (Lipinski definition) is 7. The largest absolute Gasteiger partial charge is 0.293 e. The first-order valence-electron chi connectivity index (χ1n) is 11.5. The third kappa shape index (κ3) is 4.96. The first kappa shape index (κ1) is 22.8. The maximum atomic E-state index is 12.9. The molecule has 7 heteroatoms. The summed E-state index contributed by atoms with van der Waals surface area (Å²) in [6.07, 6.45) is 6.72. The maximum absolute atomic E-state index is 12.9. The van der Waals surface area contributed by atoms with E-state index in [4.69, 9.17) is 0 Å². The van der Waals surface area contributed by atoms with Crippen molar-refractivity contribution in [1.29, 1.82) is 0 Å². The van der Waals surface area contributed by atoms with Crippen LogP contribution < -0.4 is 0 Å². The second-order valence-electron chi connectivity index (χ2n) is 8.76. The molecule has 0 saturated heterocycles. The van der Waals surface area contributed by atoms with Gasteiger partial charge in [0, 0.05) is 11.1 Å². The van der Waals surface area contributed by atoms with Crippen LogP contribution in [0.2, 0.25) is 0 Å². The van der Waals surface area contributed by atoms with Crippen molar-refractivity contribution in [3.8, 4) is 0 Å². The van der Waals surface area contributed by atoms with Gasteiger partial charge >= 0.3 is 0 Å². The molecule has 0 N–H and O–H groups in total. The second kappa shape index (κ2) is 9.72. The Morgan fingerprint density at radius 1 is 0.727 bits per heavy atom. The first-order chi connectivity index (χ1) is 16.0. The van der Waals surface area contributed by atoms with Crippen LogP contribution in [0.3, 0.4) is 0 Å². The molecule has 2 aliphatic rings. The molecule has 3 aromatic rings. The molecule has 1 heterocycles. The van der Waals surface area contributed by atoms with Gasteiger partial charge in [0.2, 0.25) is 0 Å². The highest BCUT2D eigenvalue weighted by molar-refractivity contribution is 8.04. The van der Waals surface area contributed by atoms with Crippen LogP contribution in [0, 0.1) is 0 Å². The van der Waals surface area contributed by atoms with Gasteiger partial charge in [0.1, 0.15) is 0 Å². The Labute approximate surface area is 207 Å². The number of ketones is 2. The van der Waals surface area contributed by atoms with Crippen LogP contribution in [-0.4, -0.2) is 32.3 Å². The van der Waals surface area contributed by atoms with E-state index in [0.717, 1.165) is 45.5 Å². The van der Waals surface area contributed by atoms with Crippen LogP contribution in [0.25, 0.3) is 0 Å². The first-order valence-corrected chi connectivity index (χ1v) is 14.0. The van der Waals surface area contributed by atoms with E-state index in [-0.39, 0.29) is 22.1 Å². The van der Waals surface area contributed by atoms with Gasteiger partial charge in [-0.25, -0.2) is 0 Å². The quantitative estimate of drug-likeness (QED) is 0.273. The molecule has 0 bridgehead atoms. The third-order valence-corrected chi connectivity index (χ3v) is 9.74. The predicted molar refractivity (Wildman–Crippen MR) is 136 cm³/mol. The minimum atomic E-state index is -0.235. The van der Waals surface area contributed by atoms with E-state index >= 15 is 0 Å². The summed E-state index contributed by atoms with van der Waals surface area (Å²) in [4.78, 5) is 25.9. The van der Waals surface area contributed by atoms with Crippen molar-refractivity contribution in [3.05, 3.63) is 69.8 Å². The van der Waals surface area contributed by atoms with Gasteiger partial charge < -0.3 is 0 Å². The summed E-state index contributed by atoms with van der Waals surface area (Å²) in [5.74, 6) is 0.249. The average molecular weight is 495 g/mol. The monoisotopic (exact) mass is 494 g/mol. The van der Waals surface area contributed by atoms with Gasteiger partial charge in [0.15, 0.2) is 20.2 Å². The van der Waals surface area contributed by atoms with Crippen molar-refractivity contribution in [2.24, 2.45) is 0 Å². The molecule has 5 rings (SSSR count). The number of hydrogen-bond donors (Lipinski definition) is 0. The second-order valence-corrected chi connectivity index (χ2v) is 12.9. The number of rotatable bonds is 8. The number of thioether (sulfide) groups is 2. The number of nitrogens with zero attached hydrogens (tertiary/aromatic N) is 2. The van der Waals surface area contributed by atoms with Crippen molar-refractivity contribution >= 4 is 46.4 Å². The van der Waals surface area contributed by atoms with Crippen LogP contribution >= 0.6 is 34.9 Å². The highest BCUT2D eigenvalue weighted by Crippen LogP contribution is 2.35. The molecule has 0 fully saturated rings. The van der Waals surface area contributed by atoms with E-state index in [2.05, 4.69) is 34.5 Å². The van der Waals surface area contributed by atoms with E-state index < -0.39 is 0 Å². The van der Waals surface area contributed by atoms with Gasteiger partial charge in [-0.15, -0.1) is 10.2 Å². The Morgan fingerprint density at radius 3 is 1.61 bits per heavy atom. The molecule has 0 spiro atoms. The van der Waals surface area contributed by atoms with E-state index in [1.54, 1.807) is 0 Å². The highest BCUT2D eigenvalue weighted by atomic mass is 32.2. The van der Waals surface area contributed by atoms with Gasteiger partial charge in [0.25, 0.3) is 0 Å². The number of aromatic nitrogens is 2. The molecular formula is C26H26N2O2S3. The molecule has 0 radical (unpaired) electrons. The van der Waals surface area contributed by atoms with Crippen molar-refractivity contribution in [3.63, 3.8) is 0 Å². The molecule has 4 nitrogen and oxygen atoms in total. The molecule has 2 aliphatic carbocycles. The molecule has 2 aromatic carbocycles. The molecule has 0 unspecified atom stereocenters. The van der Waals surface area contributed by atoms with Gasteiger partial charge in [-0.05, 0) is 86.8 Å². The molecule has 170 valence electrons. The highest BCUT2D eigenvalue weighted by Gasteiger charge is 2.23. The zero-order valence-electron chi connectivity index (χ0n) is 18.8. The van der Waals surface area contributed by atoms with Gasteiger partial charge in [-0.2, -0.15) is 0 Å². The standard InChI is InChI=1S/C26H26N2O2S3/c1-15(23(29)21-11-9-17-5-3-7-19(17)13-21)31-25-27-28-26(33-25)32-16(2)24(30)22-12-10-18-6-4-8-20(18)14-22/h9-16H,3-8H2,1-2H3/t15-,16-/m1/s1. The average Bonchev–Trinajstić information content (AvgIpc) is 3.57. The smallest absolute Gasteiger partial charge is 0.175 e. The van der Waals surface area contributed by atoms with E-state index in [1.807, 2.05) is 26.0 Å². The van der Waals surface area contributed by atoms with Crippen molar-refractivity contribution in [2.75, 3.05) is 0 Å². The summed E-state index contributed by atoms with van der Waals surface area (Å²) in [6.45, 7) is 3.85. The SMILES string of the molecule is C[C@@H](Sc1nnc(S[C@H](C)C(=O)c2ccc3c(c2)CCC3)s1)C(=O)c1ccc2c(c1)CCC2. The lowest BCUT2D eigenvalue weighted by Gasteiger charge is -2.10. The molecule has 0 saturated carbocycles. The van der Waals surface area contributed by atoms with Crippen LogP contribution in [0.1, 0.15) is 69.7 Å². The lowest BCUT2D eigenvalue weighted by atomic mass is 10.0. The summed E-state index contributed by atoms with van der Waals surface area (Å²) in [7, 11) is 0. The lowest BCUT2D eigenvalue weighted by molar-refractivity contribution is 0.0986. The molecule has 0 aliphatic heterocycles. The van der Waals surface area contributed by atoms with E-state index in [9.17, 15) is 9.59 Å². The number of Topliss-reactive ketones (excluding diaryl/α,β-unsaturated/α-hetero) is 2. The molecule has 0 amide bonds. The number of carbonyl (C=O) groups excluding carboxylic acids is 2. The summed E-state index contributed by atoms with van der Waals surface area (Å²) in [6, 6.07) is 12.2. The zero-order valence-corrected chi connectivity index (χ0v) is 21.2. The number of carbonyl (C=O) groups is 2. The summed E-state index contributed by atoms with van der Waals surface area (Å²) >= 11 is 4.34. The van der Waals surface area contributed by atoms with Gasteiger partial charge in [-0.3, -0.25) is 9.59 Å². The number of aryl methyl sites for hydroxylation is 4. The van der Waals surface area contributed by atoms with Crippen LogP contribution in [-0.2, 0) is 25.7 Å². The zero-order chi connectivity index (χ0) is 22.9. The lowest BCUT2D eigenvalue weighted by Crippen LogP contribution is -2.13. The van der Waals surface area contributed by atoms with Crippen LogP contribution in [0.5, 0.6) is 0 Å². The molecular weight excluding hydrogens is 468 g/mol. The number of benzene rings is 2. The summed E-state index contributed by atoms with van der Waals surface area (Å²) in [5, 5.41) is 8.07. The Morgan fingerprint density at radius 2 is 1.15 bits per heavy atom. The Hall–Kier alpha value is -1.96. The Kier molecular flexibility index (Phi) is 6.72. The van der Waals surface area contributed by atoms with Crippen LogP contribution in [0.15, 0.2) is 45.1 Å². The fraction of sp³-hybridized carbons (Fsp3) is 0.385. The minimum absolute atomic E-state index is 0.124. The van der Waals surface area contributed by atoms with Crippen molar-refractivity contribution in [2.45, 2.75) is 71.6 Å². The Balaban J connectivity index is 1.20. The van der Waals surface area contributed by atoms with Crippen molar-refractivity contribution in [1.82, 2.24) is 10.2 Å². The third-order valence-electron chi connectivity index (χ3n) is 6.45. The predicted octanol–water partition coefficient (Wildman–Crippen LogP) is 6.24. The summed E-state index contributed by atoms with van der Waals surface area (Å²) < 4.78 is 1.52. The van der Waals surface area contributed by atoms with Gasteiger partial charge in [0.05, 0.1) is 10.5 Å². The fourth-order valence-corrected chi connectivity index (χ4v) is 8.08. The van der Waals surface area contributed by atoms with E-state index in [1.165, 1.54) is 70.0 Å². The topological polar surface area (TPSA) is 59.9 Å². The summed E-state index contributed by atoms with van der Waals surface area (Å²) in [5.41, 5.74) is 6.94. The maximum Gasteiger partial charge on any atom is 0.175 e. The van der Waals surface area contributed by atoms with Gasteiger partial charge in [-0.1, -0.05) is 59.1 Å². The van der Waals surface area contributed by atoms with E-state index in [0.29, 0.717) is 0 Å². The fourth-order valence-electron chi connectivity index (χ4n) is 4.62. The molecule has 33 heavy (non-hydrogen) atoms.